The van der Waals surface area contributed by atoms with E-state index in [0.717, 1.165) is 37.3 Å². The van der Waals surface area contributed by atoms with Gasteiger partial charge in [0.25, 0.3) is 0 Å². The van der Waals surface area contributed by atoms with Gasteiger partial charge in [-0.15, -0.1) is 0 Å². The monoisotopic (exact) mass is 296 g/mol. The van der Waals surface area contributed by atoms with Gasteiger partial charge >= 0.3 is 0 Å². The molecule has 110 valence electrons. The lowest BCUT2D eigenvalue weighted by Gasteiger charge is -2.44. The fraction of sp³-hybridized carbons (Fsp3) is 0.714. The summed E-state index contributed by atoms with van der Waals surface area (Å²) < 4.78 is 1.80. The molecule has 0 bridgehead atoms. The largest absolute Gasteiger partial charge is 0.333 e. The number of aryl methyl sites for hydroxylation is 2. The molecule has 2 saturated heterocycles. The molecule has 2 atom stereocenters. The Hall–Kier alpha value is -1.07. The highest BCUT2D eigenvalue weighted by molar-refractivity contribution is 6.31. The van der Waals surface area contributed by atoms with Gasteiger partial charge in [-0.05, 0) is 38.8 Å². The van der Waals surface area contributed by atoms with Gasteiger partial charge in [-0.2, -0.15) is 5.10 Å². The molecule has 0 spiro atoms. The lowest BCUT2D eigenvalue weighted by Crippen LogP contribution is -2.54. The van der Waals surface area contributed by atoms with E-state index in [1.165, 1.54) is 0 Å². The van der Waals surface area contributed by atoms with Crippen molar-refractivity contribution in [3.63, 3.8) is 0 Å². The van der Waals surface area contributed by atoms with Crippen molar-refractivity contribution in [3.05, 3.63) is 16.4 Å². The van der Waals surface area contributed by atoms with E-state index in [4.69, 9.17) is 11.6 Å². The zero-order valence-corrected chi connectivity index (χ0v) is 12.8. The summed E-state index contributed by atoms with van der Waals surface area (Å²) in [6, 6.07) is 0.351. The number of amides is 1. The lowest BCUT2D eigenvalue weighted by atomic mass is 9.84. The zero-order chi connectivity index (χ0) is 14.3. The number of carbonyl (C=O) groups is 1. The molecule has 6 heteroatoms. The maximum atomic E-state index is 12.3. The summed E-state index contributed by atoms with van der Waals surface area (Å²) in [5.74, 6) is 0.831. The SMILES string of the molecule is Cc1nn(C)c(CN2C(=O)CCC3CNCCC32)c1Cl. The number of hydrogen-bond donors (Lipinski definition) is 1. The molecule has 1 aromatic heterocycles. The van der Waals surface area contributed by atoms with Crippen LogP contribution in [0.4, 0.5) is 0 Å². The van der Waals surface area contributed by atoms with Gasteiger partial charge in [0.15, 0.2) is 0 Å². The summed E-state index contributed by atoms with van der Waals surface area (Å²) in [5.41, 5.74) is 1.77. The second kappa shape index (κ2) is 5.37. The molecule has 0 saturated carbocycles. The number of aromatic nitrogens is 2. The molecule has 2 unspecified atom stereocenters. The van der Waals surface area contributed by atoms with E-state index in [0.29, 0.717) is 29.9 Å². The number of nitrogens with zero attached hydrogens (tertiary/aromatic N) is 3. The zero-order valence-electron chi connectivity index (χ0n) is 12.0. The van der Waals surface area contributed by atoms with Gasteiger partial charge < -0.3 is 10.2 Å². The summed E-state index contributed by atoms with van der Waals surface area (Å²) in [5, 5.41) is 8.46. The Bertz CT molecular complexity index is 527. The second-order valence-corrected chi connectivity index (χ2v) is 6.23. The number of nitrogens with one attached hydrogen (secondary N) is 1. The Labute approximate surface area is 124 Å². The van der Waals surface area contributed by atoms with Crippen LogP contribution in [0.3, 0.4) is 0 Å². The molecular formula is C14H21ClN4O. The van der Waals surface area contributed by atoms with Gasteiger partial charge in [-0.1, -0.05) is 11.6 Å². The van der Waals surface area contributed by atoms with Crippen molar-refractivity contribution in [1.82, 2.24) is 20.0 Å². The van der Waals surface area contributed by atoms with Gasteiger partial charge in [0.2, 0.25) is 5.91 Å². The molecule has 1 aromatic rings. The van der Waals surface area contributed by atoms with Gasteiger partial charge in [0.05, 0.1) is 23.0 Å². The summed E-state index contributed by atoms with van der Waals surface area (Å²) >= 11 is 6.32. The molecule has 20 heavy (non-hydrogen) atoms. The van der Waals surface area contributed by atoms with Crippen LogP contribution >= 0.6 is 11.6 Å². The van der Waals surface area contributed by atoms with Gasteiger partial charge in [0.1, 0.15) is 0 Å². The first-order chi connectivity index (χ1) is 9.58. The molecule has 1 amide bonds. The van der Waals surface area contributed by atoms with Gasteiger partial charge in [0, 0.05) is 19.5 Å². The van der Waals surface area contributed by atoms with Crippen LogP contribution in [-0.2, 0) is 18.4 Å². The van der Waals surface area contributed by atoms with Crippen molar-refractivity contribution >= 4 is 17.5 Å². The molecular weight excluding hydrogens is 276 g/mol. The van der Waals surface area contributed by atoms with Crippen molar-refractivity contribution in [1.29, 1.82) is 0 Å². The highest BCUT2D eigenvalue weighted by atomic mass is 35.5. The van der Waals surface area contributed by atoms with Crippen LogP contribution in [0.15, 0.2) is 0 Å². The van der Waals surface area contributed by atoms with E-state index in [2.05, 4.69) is 10.4 Å². The van der Waals surface area contributed by atoms with E-state index < -0.39 is 0 Å². The summed E-state index contributed by atoms with van der Waals surface area (Å²) in [7, 11) is 1.89. The van der Waals surface area contributed by atoms with E-state index in [-0.39, 0.29) is 5.91 Å². The molecule has 2 aliphatic heterocycles. The maximum absolute atomic E-state index is 12.3. The maximum Gasteiger partial charge on any atom is 0.223 e. The number of carbonyl (C=O) groups excluding carboxylic acids is 1. The summed E-state index contributed by atoms with van der Waals surface area (Å²) in [6.45, 7) is 4.49. The average molecular weight is 297 g/mol. The van der Waals surface area contributed by atoms with E-state index in [1.54, 1.807) is 4.68 Å². The number of likely N-dealkylation sites (tertiary alicyclic amines) is 1. The molecule has 5 nitrogen and oxygen atoms in total. The second-order valence-electron chi connectivity index (χ2n) is 5.85. The molecule has 0 aliphatic carbocycles. The third-order valence-corrected chi connectivity index (χ3v) is 5.09. The van der Waals surface area contributed by atoms with Crippen LogP contribution in [0.25, 0.3) is 0 Å². The number of hydrogen-bond acceptors (Lipinski definition) is 3. The van der Waals surface area contributed by atoms with Gasteiger partial charge in [-0.25, -0.2) is 0 Å². The summed E-state index contributed by atoms with van der Waals surface area (Å²) in [6.07, 6.45) is 2.69. The molecule has 3 heterocycles. The Morgan fingerprint density at radius 1 is 1.45 bits per heavy atom. The smallest absolute Gasteiger partial charge is 0.223 e. The van der Waals surface area contributed by atoms with Gasteiger partial charge in [-0.3, -0.25) is 9.48 Å². The van der Waals surface area contributed by atoms with E-state index >= 15 is 0 Å². The molecule has 0 aromatic carbocycles. The third-order valence-electron chi connectivity index (χ3n) is 4.60. The molecule has 2 aliphatic rings. The standard InChI is InChI=1S/C14H21ClN4O/c1-9-14(15)12(18(2)17-9)8-19-11-5-6-16-7-10(11)3-4-13(19)20/h10-11,16H,3-8H2,1-2H3. The predicted molar refractivity (Wildman–Crippen MR) is 77.5 cm³/mol. The molecule has 0 radical (unpaired) electrons. The Morgan fingerprint density at radius 3 is 2.95 bits per heavy atom. The van der Waals surface area contributed by atoms with Crippen LogP contribution in [0.5, 0.6) is 0 Å². The van der Waals surface area contributed by atoms with E-state index in [9.17, 15) is 4.79 Å². The van der Waals surface area contributed by atoms with Crippen LogP contribution in [0.1, 0.15) is 30.7 Å². The quantitative estimate of drug-likeness (QED) is 0.899. The van der Waals surface area contributed by atoms with Crippen LogP contribution in [0, 0.1) is 12.8 Å². The minimum atomic E-state index is 0.253. The topological polar surface area (TPSA) is 50.2 Å². The molecule has 3 rings (SSSR count). The predicted octanol–water partition coefficient (Wildman–Crippen LogP) is 1.48. The normalized spacial score (nSPS) is 26.8. The average Bonchev–Trinajstić information content (AvgIpc) is 2.68. The molecule has 2 fully saturated rings. The number of halogens is 1. The van der Waals surface area contributed by atoms with Crippen molar-refractivity contribution in [3.8, 4) is 0 Å². The van der Waals surface area contributed by atoms with Crippen LogP contribution < -0.4 is 5.32 Å². The lowest BCUT2D eigenvalue weighted by molar-refractivity contribution is -0.140. The highest BCUT2D eigenvalue weighted by Gasteiger charge is 2.37. The third kappa shape index (κ3) is 2.33. The Balaban J connectivity index is 1.85. The first-order valence-corrected chi connectivity index (χ1v) is 7.64. The molecule has 1 N–H and O–H groups in total. The minimum absolute atomic E-state index is 0.253. The number of piperidine rings is 2. The fourth-order valence-corrected chi connectivity index (χ4v) is 3.69. The first kappa shape index (κ1) is 13.9. The minimum Gasteiger partial charge on any atom is -0.333 e. The fourth-order valence-electron chi connectivity index (χ4n) is 3.47. The van der Waals surface area contributed by atoms with Crippen molar-refractivity contribution in [2.24, 2.45) is 13.0 Å². The number of rotatable bonds is 2. The van der Waals surface area contributed by atoms with E-state index in [1.807, 2.05) is 18.9 Å². The Kier molecular flexibility index (Phi) is 3.73. The Morgan fingerprint density at radius 2 is 2.25 bits per heavy atom. The van der Waals surface area contributed by atoms with Crippen molar-refractivity contribution in [2.75, 3.05) is 13.1 Å². The first-order valence-electron chi connectivity index (χ1n) is 7.26. The van der Waals surface area contributed by atoms with Crippen LogP contribution in [-0.4, -0.2) is 39.7 Å². The highest BCUT2D eigenvalue weighted by Crippen LogP contribution is 2.31. The number of fused-ring (bicyclic) bond motifs is 1. The van der Waals surface area contributed by atoms with Crippen molar-refractivity contribution < 1.29 is 4.79 Å². The van der Waals surface area contributed by atoms with Crippen LogP contribution in [0.2, 0.25) is 5.02 Å². The van der Waals surface area contributed by atoms with Crippen molar-refractivity contribution in [2.45, 2.75) is 38.8 Å². The summed E-state index contributed by atoms with van der Waals surface area (Å²) in [4.78, 5) is 14.3.